The Kier molecular flexibility index (Phi) is 5.29. The van der Waals surface area contributed by atoms with Gasteiger partial charge in [0.15, 0.2) is 5.82 Å². The van der Waals surface area contributed by atoms with E-state index in [0.717, 1.165) is 31.5 Å². The number of nitrogens with one attached hydrogen (secondary N) is 2. The topological polar surface area (TPSA) is 76.0 Å². The number of piperidine rings is 2. The number of fused-ring (bicyclic) bond motifs is 1. The van der Waals surface area contributed by atoms with Gasteiger partial charge in [0, 0.05) is 18.9 Å². The maximum absolute atomic E-state index is 15.2. The molecule has 2 N–H and O–H groups in total. The molecule has 2 saturated heterocycles. The van der Waals surface area contributed by atoms with Crippen molar-refractivity contribution in [1.82, 2.24) is 20.4 Å². The SMILES string of the molecule is Cl.Cn1nc(C2CCC(=O)NC2=O)c2ccc(C3CCNCC3)c(F)c21. The molecule has 1 unspecified atom stereocenters. The lowest BCUT2D eigenvalue weighted by Gasteiger charge is -2.23. The Labute approximate surface area is 156 Å². The Morgan fingerprint density at radius 3 is 2.62 bits per heavy atom. The number of hydrogen-bond acceptors (Lipinski definition) is 4. The molecule has 2 aromatic rings. The van der Waals surface area contributed by atoms with Crippen molar-refractivity contribution in [2.24, 2.45) is 7.05 Å². The number of imide groups is 1. The van der Waals surface area contributed by atoms with Gasteiger partial charge in [-0.3, -0.25) is 19.6 Å². The third-order valence-corrected chi connectivity index (χ3v) is 5.35. The fraction of sp³-hybridized carbons (Fsp3) is 0.500. The van der Waals surface area contributed by atoms with Crippen molar-refractivity contribution in [2.75, 3.05) is 13.1 Å². The lowest BCUT2D eigenvalue weighted by atomic mass is 9.88. The summed E-state index contributed by atoms with van der Waals surface area (Å²) >= 11 is 0. The van der Waals surface area contributed by atoms with Gasteiger partial charge in [-0.25, -0.2) is 4.39 Å². The summed E-state index contributed by atoms with van der Waals surface area (Å²) in [5.41, 5.74) is 1.72. The number of benzene rings is 1. The highest BCUT2D eigenvalue weighted by atomic mass is 35.5. The number of halogens is 2. The smallest absolute Gasteiger partial charge is 0.235 e. The Bertz CT molecular complexity index is 860. The average Bonchev–Trinajstić information content (AvgIpc) is 2.93. The van der Waals surface area contributed by atoms with Crippen molar-refractivity contribution < 1.29 is 14.0 Å². The molecule has 2 aliphatic heterocycles. The summed E-state index contributed by atoms with van der Waals surface area (Å²) in [5, 5.41) is 10.7. The molecule has 1 aromatic carbocycles. The largest absolute Gasteiger partial charge is 0.317 e. The van der Waals surface area contributed by atoms with Crippen LogP contribution in [0.1, 0.15) is 48.8 Å². The first kappa shape index (κ1) is 18.8. The lowest BCUT2D eigenvalue weighted by molar-refractivity contribution is -0.134. The molecule has 2 amide bonds. The normalized spacial score (nSPS) is 21.5. The van der Waals surface area contributed by atoms with Gasteiger partial charge < -0.3 is 5.32 Å². The van der Waals surface area contributed by atoms with Crippen molar-refractivity contribution >= 4 is 35.1 Å². The molecule has 26 heavy (non-hydrogen) atoms. The van der Waals surface area contributed by atoms with E-state index in [9.17, 15) is 9.59 Å². The first-order valence-corrected chi connectivity index (χ1v) is 8.75. The van der Waals surface area contributed by atoms with Crippen LogP contribution >= 0.6 is 12.4 Å². The predicted molar refractivity (Wildman–Crippen MR) is 97.9 cm³/mol. The predicted octanol–water partition coefficient (Wildman–Crippen LogP) is 2.12. The summed E-state index contributed by atoms with van der Waals surface area (Å²) in [7, 11) is 1.70. The molecule has 8 heteroatoms. The summed E-state index contributed by atoms with van der Waals surface area (Å²) in [6, 6.07) is 3.71. The van der Waals surface area contributed by atoms with Gasteiger partial charge in [0.1, 0.15) is 5.52 Å². The highest BCUT2D eigenvalue weighted by Gasteiger charge is 2.32. The van der Waals surface area contributed by atoms with Crippen LogP contribution in [0.15, 0.2) is 12.1 Å². The van der Waals surface area contributed by atoms with Crippen molar-refractivity contribution in [3.05, 3.63) is 29.2 Å². The third-order valence-electron chi connectivity index (χ3n) is 5.35. The van der Waals surface area contributed by atoms with Crippen LogP contribution in [0.4, 0.5) is 4.39 Å². The lowest BCUT2D eigenvalue weighted by Crippen LogP contribution is -2.39. The standard InChI is InChI=1S/C18H21FN4O2.ClH/c1-23-17-12(16(22-23)13-4-5-14(24)21-18(13)25)3-2-11(15(17)19)10-6-8-20-9-7-10;/h2-3,10,13,20H,4-9H2,1H3,(H,21,24,25);1H. The van der Waals surface area contributed by atoms with Gasteiger partial charge in [-0.1, -0.05) is 12.1 Å². The van der Waals surface area contributed by atoms with Crippen LogP contribution in [0.5, 0.6) is 0 Å². The van der Waals surface area contributed by atoms with E-state index in [4.69, 9.17) is 0 Å². The monoisotopic (exact) mass is 380 g/mol. The van der Waals surface area contributed by atoms with E-state index in [-0.39, 0.29) is 42.4 Å². The zero-order valence-corrected chi connectivity index (χ0v) is 15.4. The second kappa shape index (κ2) is 7.32. The molecule has 0 saturated carbocycles. The zero-order chi connectivity index (χ0) is 17.6. The van der Waals surface area contributed by atoms with E-state index in [2.05, 4.69) is 15.7 Å². The van der Waals surface area contributed by atoms with E-state index in [1.54, 1.807) is 7.05 Å². The molecule has 0 spiro atoms. The van der Waals surface area contributed by atoms with Crippen LogP contribution in [-0.4, -0.2) is 34.7 Å². The van der Waals surface area contributed by atoms with Crippen LogP contribution in [-0.2, 0) is 16.6 Å². The number of rotatable bonds is 2. The molecule has 0 bridgehead atoms. The molecule has 2 fully saturated rings. The summed E-state index contributed by atoms with van der Waals surface area (Å²) in [6.45, 7) is 1.80. The average molecular weight is 381 g/mol. The maximum Gasteiger partial charge on any atom is 0.235 e. The van der Waals surface area contributed by atoms with Crippen LogP contribution in [0.25, 0.3) is 10.9 Å². The van der Waals surface area contributed by atoms with E-state index in [1.165, 1.54) is 4.68 Å². The maximum atomic E-state index is 15.2. The summed E-state index contributed by atoms with van der Waals surface area (Å²) in [4.78, 5) is 23.5. The highest BCUT2D eigenvalue weighted by Crippen LogP contribution is 2.35. The van der Waals surface area contributed by atoms with Crippen molar-refractivity contribution in [3.63, 3.8) is 0 Å². The van der Waals surface area contributed by atoms with E-state index >= 15 is 4.39 Å². The fourth-order valence-corrected chi connectivity index (χ4v) is 4.03. The molecule has 2 aliphatic rings. The number of carbonyl (C=O) groups excluding carboxylic acids is 2. The van der Waals surface area contributed by atoms with E-state index in [1.807, 2.05) is 12.1 Å². The molecular formula is C18H22ClFN4O2. The minimum atomic E-state index is -0.509. The number of hydrogen-bond donors (Lipinski definition) is 2. The number of amides is 2. The first-order valence-electron chi connectivity index (χ1n) is 8.75. The highest BCUT2D eigenvalue weighted by molar-refractivity contribution is 6.02. The zero-order valence-electron chi connectivity index (χ0n) is 14.5. The molecule has 6 nitrogen and oxygen atoms in total. The van der Waals surface area contributed by atoms with Crippen LogP contribution in [0, 0.1) is 5.82 Å². The number of nitrogens with zero attached hydrogens (tertiary/aromatic N) is 2. The van der Waals surface area contributed by atoms with Gasteiger partial charge in [0.05, 0.1) is 11.6 Å². The number of carbonyl (C=O) groups is 2. The fourth-order valence-electron chi connectivity index (χ4n) is 4.03. The summed E-state index contributed by atoms with van der Waals surface area (Å²) in [6.07, 6.45) is 2.53. The summed E-state index contributed by atoms with van der Waals surface area (Å²) in [5.74, 6) is -1.15. The van der Waals surface area contributed by atoms with Crippen molar-refractivity contribution in [1.29, 1.82) is 0 Å². The number of aryl methyl sites for hydroxylation is 1. The Morgan fingerprint density at radius 2 is 1.92 bits per heavy atom. The first-order chi connectivity index (χ1) is 12.1. The van der Waals surface area contributed by atoms with E-state index in [0.29, 0.717) is 23.0 Å². The van der Waals surface area contributed by atoms with Crippen molar-refractivity contribution in [3.8, 4) is 0 Å². The van der Waals surface area contributed by atoms with Gasteiger partial charge in [0.25, 0.3) is 0 Å². The van der Waals surface area contributed by atoms with Gasteiger partial charge >= 0.3 is 0 Å². The van der Waals surface area contributed by atoms with Gasteiger partial charge in [-0.15, -0.1) is 12.4 Å². The van der Waals surface area contributed by atoms with Gasteiger partial charge in [0.2, 0.25) is 11.8 Å². The Hall–Kier alpha value is -1.99. The Morgan fingerprint density at radius 1 is 1.19 bits per heavy atom. The number of aromatic nitrogens is 2. The van der Waals surface area contributed by atoms with Crippen molar-refractivity contribution in [2.45, 2.75) is 37.5 Å². The molecule has 4 rings (SSSR count). The second-order valence-electron chi connectivity index (χ2n) is 6.90. The van der Waals surface area contributed by atoms with Gasteiger partial charge in [-0.05, 0) is 43.8 Å². The minimum absolute atomic E-state index is 0. The van der Waals surface area contributed by atoms with Crippen LogP contribution < -0.4 is 10.6 Å². The van der Waals surface area contributed by atoms with Gasteiger partial charge in [-0.2, -0.15) is 5.10 Å². The molecular weight excluding hydrogens is 359 g/mol. The van der Waals surface area contributed by atoms with Crippen LogP contribution in [0.2, 0.25) is 0 Å². The minimum Gasteiger partial charge on any atom is -0.317 e. The quantitative estimate of drug-likeness (QED) is 0.782. The second-order valence-corrected chi connectivity index (χ2v) is 6.90. The molecule has 1 atom stereocenters. The molecule has 0 aliphatic carbocycles. The molecule has 1 aromatic heterocycles. The third kappa shape index (κ3) is 3.10. The Balaban J connectivity index is 0.00000196. The summed E-state index contributed by atoms with van der Waals surface area (Å²) < 4.78 is 16.7. The van der Waals surface area contributed by atoms with Crippen LogP contribution in [0.3, 0.4) is 0 Å². The molecule has 140 valence electrons. The molecule has 0 radical (unpaired) electrons. The molecule has 3 heterocycles. The van der Waals surface area contributed by atoms with E-state index < -0.39 is 5.92 Å².